The maximum absolute atomic E-state index is 13.2. The molecule has 2 aliphatic heterocycles. The number of hydrogen-bond acceptors (Lipinski definition) is 6. The molecule has 2 saturated heterocycles. The average Bonchev–Trinajstić information content (AvgIpc) is 2.81. The molecule has 8 heteroatoms. The van der Waals surface area contributed by atoms with Gasteiger partial charge in [0.2, 0.25) is 5.91 Å². The minimum atomic E-state index is -0.706. The number of likely N-dealkylation sites (N-methyl/N-ethyl adjacent to an activating group) is 1. The molecule has 8 nitrogen and oxygen atoms in total. The minimum absolute atomic E-state index is 0.0199. The van der Waals surface area contributed by atoms with E-state index >= 15 is 0 Å². The maximum atomic E-state index is 13.2. The summed E-state index contributed by atoms with van der Waals surface area (Å²) in [6.45, 7) is 10.5. The fourth-order valence-electron chi connectivity index (χ4n) is 4.67. The van der Waals surface area contributed by atoms with Gasteiger partial charge < -0.3 is 25.2 Å². The first-order valence-corrected chi connectivity index (χ1v) is 12.5. The Bertz CT molecular complexity index is 832. The van der Waals surface area contributed by atoms with Crippen molar-refractivity contribution in [2.75, 3.05) is 51.3 Å². The molecule has 2 aliphatic rings. The van der Waals surface area contributed by atoms with Crippen molar-refractivity contribution in [3.63, 3.8) is 0 Å². The predicted octanol–water partition coefficient (Wildman–Crippen LogP) is 2.08. The summed E-state index contributed by atoms with van der Waals surface area (Å²) in [5.74, 6) is -0.529. The Kier molecular flexibility index (Phi) is 9.47. The van der Waals surface area contributed by atoms with Gasteiger partial charge in [-0.05, 0) is 50.1 Å². The third-order valence-corrected chi connectivity index (χ3v) is 6.68. The summed E-state index contributed by atoms with van der Waals surface area (Å²) in [6.07, 6.45) is 2.20. The Labute approximate surface area is 203 Å². The quantitative estimate of drug-likeness (QED) is 0.572. The number of ketones is 1. The number of benzene rings is 1. The van der Waals surface area contributed by atoms with Crippen molar-refractivity contribution < 1.29 is 19.1 Å². The highest BCUT2D eigenvalue weighted by Crippen LogP contribution is 2.20. The molecule has 3 rings (SSSR count). The highest BCUT2D eigenvalue weighted by atomic mass is 16.5. The lowest BCUT2D eigenvalue weighted by atomic mass is 9.90. The zero-order valence-electron chi connectivity index (χ0n) is 21.0. The molecule has 0 spiro atoms. The summed E-state index contributed by atoms with van der Waals surface area (Å²) < 4.78 is 5.39. The Hall–Kier alpha value is -2.45. The zero-order valence-corrected chi connectivity index (χ0v) is 21.0. The fraction of sp³-hybridized carbons (Fsp3) is 0.654. The number of Topliss-reactive ketones (excluding diaryl/α,β-unsaturated/α-hetero) is 1. The van der Waals surface area contributed by atoms with Gasteiger partial charge in [-0.15, -0.1) is 0 Å². The number of piperazine rings is 1. The summed E-state index contributed by atoms with van der Waals surface area (Å²) in [6, 6.07) is 6.29. The summed E-state index contributed by atoms with van der Waals surface area (Å²) in [5, 5.41) is 5.83. The van der Waals surface area contributed by atoms with Crippen LogP contribution in [0.3, 0.4) is 0 Å². The SMILES string of the molecule is CCCC1COCC(=O)[C@H]1NC(=O)C(CC(C)C)NC(=O)c1ccc(N2CCN(C)CC2)cc1. The van der Waals surface area contributed by atoms with Crippen LogP contribution in [0.1, 0.15) is 50.4 Å². The fourth-order valence-corrected chi connectivity index (χ4v) is 4.67. The van der Waals surface area contributed by atoms with E-state index in [1.165, 1.54) is 0 Å². The van der Waals surface area contributed by atoms with Gasteiger partial charge in [0.25, 0.3) is 5.91 Å². The van der Waals surface area contributed by atoms with Crippen LogP contribution < -0.4 is 15.5 Å². The van der Waals surface area contributed by atoms with Crippen LogP contribution >= 0.6 is 0 Å². The lowest BCUT2D eigenvalue weighted by molar-refractivity contribution is -0.138. The second-order valence-electron chi connectivity index (χ2n) is 10.0. The summed E-state index contributed by atoms with van der Waals surface area (Å²) in [7, 11) is 2.12. The van der Waals surface area contributed by atoms with E-state index in [1.54, 1.807) is 0 Å². The number of ether oxygens (including phenoxy) is 1. The van der Waals surface area contributed by atoms with E-state index in [-0.39, 0.29) is 36.0 Å². The number of nitrogens with one attached hydrogen (secondary N) is 2. The average molecular weight is 473 g/mol. The van der Waals surface area contributed by atoms with Gasteiger partial charge in [-0.3, -0.25) is 14.4 Å². The molecule has 1 aromatic carbocycles. The molecule has 2 amide bonds. The molecule has 188 valence electrons. The van der Waals surface area contributed by atoms with E-state index in [0.29, 0.717) is 18.6 Å². The summed E-state index contributed by atoms with van der Waals surface area (Å²) >= 11 is 0. The molecule has 0 radical (unpaired) electrons. The first-order valence-electron chi connectivity index (χ1n) is 12.5. The van der Waals surface area contributed by atoms with Crippen molar-refractivity contribution in [3.8, 4) is 0 Å². The smallest absolute Gasteiger partial charge is 0.251 e. The number of hydrogen-bond donors (Lipinski definition) is 2. The van der Waals surface area contributed by atoms with E-state index in [2.05, 4.69) is 34.4 Å². The van der Waals surface area contributed by atoms with Crippen molar-refractivity contribution in [2.24, 2.45) is 11.8 Å². The second kappa shape index (κ2) is 12.3. The lowest BCUT2D eigenvalue weighted by Crippen LogP contribution is -2.57. The van der Waals surface area contributed by atoms with Crippen LogP contribution in [0.4, 0.5) is 5.69 Å². The van der Waals surface area contributed by atoms with Gasteiger partial charge in [-0.25, -0.2) is 0 Å². The number of carbonyl (C=O) groups is 3. The third-order valence-electron chi connectivity index (χ3n) is 6.68. The second-order valence-corrected chi connectivity index (χ2v) is 10.0. The molecule has 1 aromatic rings. The molecule has 0 aromatic heterocycles. The van der Waals surface area contributed by atoms with Crippen LogP contribution in [-0.2, 0) is 14.3 Å². The number of carbonyl (C=O) groups excluding carboxylic acids is 3. The van der Waals surface area contributed by atoms with Crippen molar-refractivity contribution in [1.29, 1.82) is 0 Å². The molecular formula is C26H40N4O4. The van der Waals surface area contributed by atoms with Gasteiger partial charge in [0.1, 0.15) is 12.6 Å². The van der Waals surface area contributed by atoms with Crippen molar-refractivity contribution in [2.45, 2.75) is 52.1 Å². The van der Waals surface area contributed by atoms with Gasteiger partial charge in [0.05, 0.1) is 12.6 Å². The molecule has 2 unspecified atom stereocenters. The summed E-state index contributed by atoms with van der Waals surface area (Å²) in [5.41, 5.74) is 1.62. The van der Waals surface area contributed by atoms with Crippen molar-refractivity contribution >= 4 is 23.3 Å². The Balaban J connectivity index is 1.65. The van der Waals surface area contributed by atoms with E-state index in [4.69, 9.17) is 4.74 Å². The first kappa shape index (κ1) is 26.2. The van der Waals surface area contributed by atoms with Crippen molar-refractivity contribution in [3.05, 3.63) is 29.8 Å². The predicted molar refractivity (Wildman–Crippen MR) is 133 cm³/mol. The van der Waals surface area contributed by atoms with Gasteiger partial charge >= 0.3 is 0 Å². The van der Waals surface area contributed by atoms with Gasteiger partial charge in [-0.2, -0.15) is 0 Å². The van der Waals surface area contributed by atoms with Crippen LogP contribution in [0.2, 0.25) is 0 Å². The molecule has 0 aliphatic carbocycles. The van der Waals surface area contributed by atoms with Gasteiger partial charge in [0, 0.05) is 43.3 Å². The van der Waals surface area contributed by atoms with Crippen LogP contribution in [0, 0.1) is 11.8 Å². The van der Waals surface area contributed by atoms with E-state index < -0.39 is 12.1 Å². The van der Waals surface area contributed by atoms with Crippen LogP contribution in [0.5, 0.6) is 0 Å². The first-order chi connectivity index (χ1) is 16.3. The normalized spacial score (nSPS) is 22.5. The Morgan fingerprint density at radius 1 is 1.12 bits per heavy atom. The maximum Gasteiger partial charge on any atom is 0.251 e. The number of amides is 2. The highest BCUT2D eigenvalue weighted by molar-refractivity contribution is 5.99. The monoisotopic (exact) mass is 472 g/mol. The Morgan fingerprint density at radius 2 is 1.79 bits per heavy atom. The Morgan fingerprint density at radius 3 is 2.41 bits per heavy atom. The van der Waals surface area contributed by atoms with Crippen molar-refractivity contribution in [1.82, 2.24) is 15.5 Å². The topological polar surface area (TPSA) is 91.0 Å². The van der Waals surface area contributed by atoms with E-state index in [0.717, 1.165) is 44.7 Å². The largest absolute Gasteiger partial charge is 0.373 e. The molecule has 34 heavy (non-hydrogen) atoms. The van der Waals surface area contributed by atoms with Gasteiger partial charge in [-0.1, -0.05) is 27.2 Å². The zero-order chi connectivity index (χ0) is 24.7. The standard InChI is InChI=1S/C26H40N4O4/c1-5-6-20-16-34-17-23(31)24(20)28-26(33)22(15-18(2)3)27-25(32)19-7-9-21(10-8-19)30-13-11-29(4)12-14-30/h7-10,18,20,22,24H,5-6,11-17H2,1-4H3,(H,27,32)(H,28,33)/t20?,22?,24-/m0/s1. The molecule has 3 atom stereocenters. The number of nitrogens with zero attached hydrogens (tertiary/aromatic N) is 2. The lowest BCUT2D eigenvalue weighted by Gasteiger charge is -2.34. The molecule has 2 N–H and O–H groups in total. The highest BCUT2D eigenvalue weighted by Gasteiger charge is 2.35. The molecule has 2 fully saturated rings. The molecule has 2 heterocycles. The molecular weight excluding hydrogens is 432 g/mol. The third kappa shape index (κ3) is 7.03. The molecule has 0 saturated carbocycles. The van der Waals surface area contributed by atoms with Crippen LogP contribution in [-0.4, -0.2) is 81.0 Å². The number of rotatable bonds is 9. The summed E-state index contributed by atoms with van der Waals surface area (Å²) in [4.78, 5) is 43.2. The van der Waals surface area contributed by atoms with Crippen LogP contribution in [0.15, 0.2) is 24.3 Å². The minimum Gasteiger partial charge on any atom is -0.373 e. The van der Waals surface area contributed by atoms with Gasteiger partial charge in [0.15, 0.2) is 5.78 Å². The van der Waals surface area contributed by atoms with E-state index in [9.17, 15) is 14.4 Å². The van der Waals surface area contributed by atoms with E-state index in [1.807, 2.05) is 38.1 Å². The molecule has 0 bridgehead atoms. The number of anilines is 1. The van der Waals surface area contributed by atoms with Crippen LogP contribution in [0.25, 0.3) is 0 Å².